The minimum absolute atomic E-state index is 0.0467. The summed E-state index contributed by atoms with van der Waals surface area (Å²) in [5.41, 5.74) is 0. The highest BCUT2D eigenvalue weighted by molar-refractivity contribution is 7.86. The Balaban J connectivity index is 2.43. The summed E-state index contributed by atoms with van der Waals surface area (Å²) >= 11 is 0. The Morgan fingerprint density at radius 1 is 1.62 bits per heavy atom. The molecule has 1 rings (SSSR count). The molecule has 0 radical (unpaired) electrons. The zero-order valence-corrected chi connectivity index (χ0v) is 8.93. The van der Waals surface area contributed by atoms with Gasteiger partial charge in [-0.2, -0.15) is 0 Å². The normalized spacial score (nSPS) is 30.3. The van der Waals surface area contributed by atoms with Crippen LogP contribution < -0.4 is 0 Å². The molecule has 0 aromatic carbocycles. The zero-order chi connectivity index (χ0) is 9.84. The molecule has 0 amide bonds. The van der Waals surface area contributed by atoms with Crippen LogP contribution in [0, 0.1) is 0 Å². The molecule has 76 valence electrons. The third-order valence-electron chi connectivity index (χ3n) is 2.34. The van der Waals surface area contributed by atoms with E-state index in [1.165, 1.54) is 0 Å². The van der Waals surface area contributed by atoms with Gasteiger partial charge in [-0.1, -0.05) is 6.92 Å². The van der Waals surface area contributed by atoms with E-state index in [2.05, 4.69) is 0 Å². The van der Waals surface area contributed by atoms with Crippen LogP contribution in [0.15, 0.2) is 0 Å². The molecule has 0 aliphatic carbocycles. The number of ether oxygens (including phenoxy) is 1. The van der Waals surface area contributed by atoms with Crippen molar-refractivity contribution in [1.29, 1.82) is 0 Å². The fourth-order valence-electron chi connectivity index (χ4n) is 1.43. The second-order valence-corrected chi connectivity index (χ2v) is 4.98. The average Bonchev–Trinajstić information content (AvgIpc) is 2.51. The molecule has 0 bridgehead atoms. The SMILES string of the molecule is CCC(=O)CS(=O)C1CCOC1C. The highest BCUT2D eigenvalue weighted by atomic mass is 32.2. The molecule has 0 aromatic rings. The van der Waals surface area contributed by atoms with Gasteiger partial charge < -0.3 is 4.74 Å². The van der Waals surface area contributed by atoms with Crippen molar-refractivity contribution in [3.05, 3.63) is 0 Å². The van der Waals surface area contributed by atoms with E-state index in [9.17, 15) is 9.00 Å². The molecule has 3 atom stereocenters. The number of Topliss-reactive ketones (excluding diaryl/α,β-unsaturated/α-hetero) is 1. The highest BCUT2D eigenvalue weighted by Crippen LogP contribution is 2.18. The summed E-state index contributed by atoms with van der Waals surface area (Å²) in [6, 6.07) is 0. The predicted octanol–water partition coefficient (Wildman–Crippen LogP) is 0.892. The molecule has 3 nitrogen and oxygen atoms in total. The quantitative estimate of drug-likeness (QED) is 0.683. The number of carbonyl (C=O) groups is 1. The van der Waals surface area contributed by atoms with Crippen LogP contribution in [0.4, 0.5) is 0 Å². The van der Waals surface area contributed by atoms with Crippen LogP contribution in [0.1, 0.15) is 26.7 Å². The molecule has 1 saturated heterocycles. The van der Waals surface area contributed by atoms with Crippen LogP contribution in [0.25, 0.3) is 0 Å². The first-order valence-electron chi connectivity index (χ1n) is 4.65. The van der Waals surface area contributed by atoms with Crippen molar-refractivity contribution in [2.24, 2.45) is 0 Å². The Hall–Kier alpha value is -0.220. The maximum Gasteiger partial charge on any atom is 0.145 e. The van der Waals surface area contributed by atoms with E-state index in [0.29, 0.717) is 13.0 Å². The fraction of sp³-hybridized carbons (Fsp3) is 0.889. The third kappa shape index (κ3) is 2.88. The fourth-order valence-corrected chi connectivity index (χ4v) is 3.03. The molecule has 0 spiro atoms. The summed E-state index contributed by atoms with van der Waals surface area (Å²) in [7, 11) is -1.03. The monoisotopic (exact) mass is 204 g/mol. The molecular weight excluding hydrogens is 188 g/mol. The first-order valence-corrected chi connectivity index (χ1v) is 6.03. The molecule has 0 saturated carbocycles. The summed E-state index contributed by atoms with van der Waals surface area (Å²) in [5.74, 6) is 0.284. The Morgan fingerprint density at radius 3 is 2.77 bits per heavy atom. The lowest BCUT2D eigenvalue weighted by Crippen LogP contribution is -2.27. The molecular formula is C9H16O3S. The second kappa shape index (κ2) is 4.86. The van der Waals surface area contributed by atoms with E-state index in [1.807, 2.05) is 6.92 Å². The lowest BCUT2D eigenvalue weighted by Gasteiger charge is -2.12. The number of hydrogen-bond donors (Lipinski definition) is 0. The molecule has 13 heavy (non-hydrogen) atoms. The van der Waals surface area contributed by atoms with E-state index in [1.54, 1.807) is 6.92 Å². The van der Waals surface area contributed by atoms with E-state index < -0.39 is 10.8 Å². The van der Waals surface area contributed by atoms with Gasteiger partial charge in [0.05, 0.1) is 17.1 Å². The molecule has 1 heterocycles. The van der Waals surface area contributed by atoms with E-state index in [-0.39, 0.29) is 22.9 Å². The topological polar surface area (TPSA) is 43.4 Å². The largest absolute Gasteiger partial charge is 0.377 e. The van der Waals surface area contributed by atoms with Gasteiger partial charge in [0, 0.05) is 23.8 Å². The Labute approximate surface area is 81.3 Å². The Kier molecular flexibility index (Phi) is 4.06. The van der Waals surface area contributed by atoms with Gasteiger partial charge in [0.15, 0.2) is 0 Å². The van der Waals surface area contributed by atoms with Crippen molar-refractivity contribution in [3.8, 4) is 0 Å². The second-order valence-electron chi connectivity index (χ2n) is 3.32. The van der Waals surface area contributed by atoms with Crippen molar-refractivity contribution in [3.63, 3.8) is 0 Å². The predicted molar refractivity (Wildman–Crippen MR) is 52.1 cm³/mol. The average molecular weight is 204 g/mol. The van der Waals surface area contributed by atoms with Crippen LogP contribution in [-0.2, 0) is 20.3 Å². The van der Waals surface area contributed by atoms with Gasteiger partial charge in [-0.05, 0) is 13.3 Å². The van der Waals surface area contributed by atoms with Gasteiger partial charge in [-0.3, -0.25) is 9.00 Å². The third-order valence-corrected chi connectivity index (χ3v) is 4.24. The Bertz CT molecular complexity index is 215. The van der Waals surface area contributed by atoms with Gasteiger partial charge in [0.2, 0.25) is 0 Å². The van der Waals surface area contributed by atoms with Crippen molar-refractivity contribution < 1.29 is 13.7 Å². The van der Waals surface area contributed by atoms with Crippen molar-refractivity contribution in [2.75, 3.05) is 12.4 Å². The first kappa shape index (κ1) is 10.9. The van der Waals surface area contributed by atoms with E-state index >= 15 is 0 Å². The summed E-state index contributed by atoms with van der Waals surface area (Å²) in [4.78, 5) is 11.1. The summed E-state index contributed by atoms with van der Waals surface area (Å²) in [6.45, 7) is 4.40. The van der Waals surface area contributed by atoms with Crippen LogP contribution in [0.2, 0.25) is 0 Å². The van der Waals surface area contributed by atoms with Gasteiger partial charge in [0.1, 0.15) is 5.78 Å². The Morgan fingerprint density at radius 2 is 2.31 bits per heavy atom. The molecule has 1 fully saturated rings. The van der Waals surface area contributed by atoms with Crippen LogP contribution >= 0.6 is 0 Å². The minimum atomic E-state index is -1.03. The minimum Gasteiger partial charge on any atom is -0.377 e. The molecule has 4 heteroatoms. The van der Waals surface area contributed by atoms with Gasteiger partial charge in [-0.15, -0.1) is 0 Å². The van der Waals surface area contributed by atoms with Crippen LogP contribution in [0.5, 0.6) is 0 Å². The number of carbonyl (C=O) groups excluding carboxylic acids is 1. The molecule has 1 aliphatic rings. The number of hydrogen-bond acceptors (Lipinski definition) is 3. The standard InChI is InChI=1S/C9H16O3S/c1-3-8(10)6-13(11)9-4-5-12-7(9)2/h7,9H,3-6H2,1-2H3. The maximum atomic E-state index is 11.6. The van der Waals surface area contributed by atoms with Gasteiger partial charge in [0.25, 0.3) is 0 Å². The molecule has 0 aromatic heterocycles. The summed E-state index contributed by atoms with van der Waals surface area (Å²) in [6.07, 6.45) is 1.35. The molecule has 0 N–H and O–H groups in total. The van der Waals surface area contributed by atoms with E-state index in [0.717, 1.165) is 6.42 Å². The maximum absolute atomic E-state index is 11.6. The lowest BCUT2D eigenvalue weighted by molar-refractivity contribution is -0.116. The molecule has 3 unspecified atom stereocenters. The van der Waals surface area contributed by atoms with Crippen molar-refractivity contribution >= 4 is 16.6 Å². The van der Waals surface area contributed by atoms with Gasteiger partial charge in [-0.25, -0.2) is 0 Å². The number of rotatable bonds is 4. The van der Waals surface area contributed by atoms with E-state index in [4.69, 9.17) is 4.74 Å². The summed E-state index contributed by atoms with van der Waals surface area (Å²) < 4.78 is 16.9. The molecule has 1 aliphatic heterocycles. The smallest absolute Gasteiger partial charge is 0.145 e. The lowest BCUT2D eigenvalue weighted by atomic mass is 10.3. The number of ketones is 1. The van der Waals surface area contributed by atoms with Crippen molar-refractivity contribution in [2.45, 2.75) is 38.0 Å². The first-order chi connectivity index (χ1) is 6.15. The highest BCUT2D eigenvalue weighted by Gasteiger charge is 2.30. The van der Waals surface area contributed by atoms with Crippen molar-refractivity contribution in [1.82, 2.24) is 0 Å². The summed E-state index contributed by atoms with van der Waals surface area (Å²) in [5, 5.41) is 0.0653. The van der Waals surface area contributed by atoms with Gasteiger partial charge >= 0.3 is 0 Å². The van der Waals surface area contributed by atoms with Crippen LogP contribution in [0.3, 0.4) is 0 Å². The zero-order valence-electron chi connectivity index (χ0n) is 8.12. The van der Waals surface area contributed by atoms with Crippen LogP contribution in [-0.4, -0.2) is 33.7 Å².